The molecular weight excluding hydrogens is 232 g/mol. The lowest BCUT2D eigenvalue weighted by Gasteiger charge is -2.29. The summed E-state index contributed by atoms with van der Waals surface area (Å²) in [5.74, 6) is -1.16. The van der Waals surface area contributed by atoms with Crippen LogP contribution in [0.1, 0.15) is 58.3 Å². The van der Waals surface area contributed by atoms with Gasteiger partial charge in [0.05, 0.1) is 0 Å². The van der Waals surface area contributed by atoms with Crippen LogP contribution in [0, 0.1) is 0 Å². The van der Waals surface area contributed by atoms with Crippen molar-refractivity contribution in [3.05, 3.63) is 0 Å². The molecule has 0 radical (unpaired) electrons. The second kappa shape index (κ2) is 6.73. The summed E-state index contributed by atoms with van der Waals surface area (Å²) in [5, 5.41) is 12.1. The Balaban J connectivity index is 2.67. The fourth-order valence-electron chi connectivity index (χ4n) is 2.42. The predicted octanol–water partition coefficient (Wildman–Crippen LogP) is 1.41. The number of carbonyl (C=O) groups excluding carboxylic acids is 1. The number of carboxylic acid groups (broad SMARTS) is 1. The molecule has 18 heavy (non-hydrogen) atoms. The van der Waals surface area contributed by atoms with Crippen LogP contribution in [0.4, 0.5) is 0 Å². The molecule has 0 heterocycles. The number of hydrogen-bond donors (Lipinski definition) is 3. The van der Waals surface area contributed by atoms with Gasteiger partial charge in [-0.2, -0.15) is 0 Å². The highest BCUT2D eigenvalue weighted by Gasteiger charge is 2.39. The zero-order chi connectivity index (χ0) is 13.6. The van der Waals surface area contributed by atoms with Crippen LogP contribution < -0.4 is 11.1 Å². The van der Waals surface area contributed by atoms with Crippen molar-refractivity contribution >= 4 is 11.9 Å². The highest BCUT2D eigenvalue weighted by molar-refractivity contribution is 5.87. The zero-order valence-corrected chi connectivity index (χ0v) is 11.1. The summed E-state index contributed by atoms with van der Waals surface area (Å²) in [6.45, 7) is 1.91. The molecule has 0 aromatic carbocycles. The first kappa shape index (κ1) is 15.0. The fraction of sp³-hybridized carbons (Fsp3) is 0.846. The molecule has 1 saturated carbocycles. The van der Waals surface area contributed by atoms with Gasteiger partial charge in [0, 0.05) is 12.5 Å². The molecule has 0 aromatic heterocycles. The summed E-state index contributed by atoms with van der Waals surface area (Å²) in [5.41, 5.74) is 4.65. The van der Waals surface area contributed by atoms with Crippen LogP contribution in [0.3, 0.4) is 0 Å². The van der Waals surface area contributed by atoms with E-state index in [1.54, 1.807) is 0 Å². The molecule has 1 atom stereocenters. The van der Waals surface area contributed by atoms with Gasteiger partial charge in [-0.3, -0.25) is 4.79 Å². The van der Waals surface area contributed by atoms with Crippen molar-refractivity contribution in [2.75, 3.05) is 0 Å². The van der Waals surface area contributed by atoms with Gasteiger partial charge in [0.1, 0.15) is 5.54 Å². The van der Waals surface area contributed by atoms with E-state index in [4.69, 9.17) is 5.73 Å². The summed E-state index contributed by atoms with van der Waals surface area (Å²) in [6.07, 6.45) is 5.75. The summed E-state index contributed by atoms with van der Waals surface area (Å²) in [6, 6.07) is -0.193. The summed E-state index contributed by atoms with van der Waals surface area (Å²) in [4.78, 5) is 23.3. The lowest BCUT2D eigenvalue weighted by molar-refractivity contribution is -0.148. The Morgan fingerprint density at radius 2 is 1.83 bits per heavy atom. The van der Waals surface area contributed by atoms with Gasteiger partial charge >= 0.3 is 5.97 Å². The minimum atomic E-state index is -1.07. The van der Waals surface area contributed by atoms with Gasteiger partial charge in [-0.1, -0.05) is 32.6 Å². The second-order valence-electron chi connectivity index (χ2n) is 5.22. The van der Waals surface area contributed by atoms with Gasteiger partial charge < -0.3 is 16.2 Å². The smallest absolute Gasteiger partial charge is 0.329 e. The molecular formula is C13H24N2O3. The molecule has 0 aliphatic heterocycles. The van der Waals surface area contributed by atoms with Gasteiger partial charge in [-0.05, 0) is 19.3 Å². The minimum absolute atomic E-state index is 0.193. The SMILES string of the molecule is CCC(N)CC(=O)NC1(C(=O)O)CCCCCC1. The monoisotopic (exact) mass is 256 g/mol. The number of rotatable bonds is 5. The largest absolute Gasteiger partial charge is 0.480 e. The van der Waals surface area contributed by atoms with Crippen LogP contribution in [0.2, 0.25) is 0 Å². The normalized spacial score (nSPS) is 20.8. The lowest BCUT2D eigenvalue weighted by Crippen LogP contribution is -2.55. The predicted molar refractivity (Wildman–Crippen MR) is 69.1 cm³/mol. The Bertz CT molecular complexity index is 297. The number of amides is 1. The molecule has 4 N–H and O–H groups in total. The number of carbonyl (C=O) groups is 2. The van der Waals surface area contributed by atoms with Crippen molar-refractivity contribution in [2.45, 2.75) is 69.9 Å². The molecule has 1 aliphatic carbocycles. The lowest BCUT2D eigenvalue weighted by atomic mass is 9.90. The Kier molecular flexibility index (Phi) is 5.59. The van der Waals surface area contributed by atoms with Gasteiger partial charge in [0.25, 0.3) is 0 Å². The summed E-state index contributed by atoms with van der Waals surface area (Å²) < 4.78 is 0. The molecule has 1 amide bonds. The molecule has 5 nitrogen and oxygen atoms in total. The van der Waals surface area contributed by atoms with Gasteiger partial charge in [0.2, 0.25) is 5.91 Å². The van der Waals surface area contributed by atoms with E-state index in [1.807, 2.05) is 6.92 Å². The van der Waals surface area contributed by atoms with E-state index in [1.165, 1.54) is 0 Å². The third kappa shape index (κ3) is 3.98. The molecule has 1 aliphatic rings. The van der Waals surface area contributed by atoms with Crippen LogP contribution >= 0.6 is 0 Å². The molecule has 0 bridgehead atoms. The van der Waals surface area contributed by atoms with Crippen molar-refractivity contribution in [1.29, 1.82) is 0 Å². The molecule has 0 aromatic rings. The van der Waals surface area contributed by atoms with Crippen molar-refractivity contribution in [3.8, 4) is 0 Å². The quantitative estimate of drug-likeness (QED) is 0.648. The van der Waals surface area contributed by atoms with Crippen LogP contribution in [0.15, 0.2) is 0 Å². The van der Waals surface area contributed by atoms with Crippen molar-refractivity contribution in [2.24, 2.45) is 5.73 Å². The highest BCUT2D eigenvalue weighted by atomic mass is 16.4. The van der Waals surface area contributed by atoms with E-state index < -0.39 is 11.5 Å². The van der Waals surface area contributed by atoms with Gasteiger partial charge in [-0.15, -0.1) is 0 Å². The average Bonchev–Trinajstić information content (AvgIpc) is 2.55. The van der Waals surface area contributed by atoms with E-state index in [0.717, 1.165) is 25.7 Å². The Morgan fingerprint density at radius 3 is 2.28 bits per heavy atom. The van der Waals surface area contributed by atoms with E-state index in [0.29, 0.717) is 19.3 Å². The fourth-order valence-corrected chi connectivity index (χ4v) is 2.42. The van der Waals surface area contributed by atoms with E-state index in [-0.39, 0.29) is 18.4 Å². The number of nitrogens with two attached hydrogens (primary N) is 1. The van der Waals surface area contributed by atoms with Crippen molar-refractivity contribution in [3.63, 3.8) is 0 Å². The number of carboxylic acids is 1. The highest BCUT2D eigenvalue weighted by Crippen LogP contribution is 2.27. The molecule has 1 unspecified atom stereocenters. The van der Waals surface area contributed by atoms with Crippen molar-refractivity contribution < 1.29 is 14.7 Å². The first-order chi connectivity index (χ1) is 8.50. The van der Waals surface area contributed by atoms with Crippen LogP contribution in [-0.2, 0) is 9.59 Å². The van der Waals surface area contributed by atoms with E-state index >= 15 is 0 Å². The molecule has 0 saturated heterocycles. The van der Waals surface area contributed by atoms with Gasteiger partial charge in [0.15, 0.2) is 0 Å². The third-order valence-electron chi connectivity index (χ3n) is 3.72. The number of aliphatic carboxylic acids is 1. The Hall–Kier alpha value is -1.10. The second-order valence-corrected chi connectivity index (χ2v) is 5.22. The molecule has 5 heteroatoms. The van der Waals surface area contributed by atoms with Crippen LogP contribution in [-0.4, -0.2) is 28.6 Å². The maximum atomic E-state index is 11.8. The molecule has 1 fully saturated rings. The zero-order valence-electron chi connectivity index (χ0n) is 11.1. The van der Waals surface area contributed by atoms with Crippen LogP contribution in [0.25, 0.3) is 0 Å². The molecule has 104 valence electrons. The first-order valence-electron chi connectivity index (χ1n) is 6.80. The summed E-state index contributed by atoms with van der Waals surface area (Å²) >= 11 is 0. The van der Waals surface area contributed by atoms with E-state index in [2.05, 4.69) is 5.32 Å². The first-order valence-corrected chi connectivity index (χ1v) is 6.80. The minimum Gasteiger partial charge on any atom is -0.480 e. The maximum Gasteiger partial charge on any atom is 0.329 e. The summed E-state index contributed by atoms with van der Waals surface area (Å²) in [7, 11) is 0. The number of hydrogen-bond acceptors (Lipinski definition) is 3. The van der Waals surface area contributed by atoms with E-state index in [9.17, 15) is 14.7 Å². The van der Waals surface area contributed by atoms with Gasteiger partial charge in [-0.25, -0.2) is 4.79 Å². The maximum absolute atomic E-state index is 11.8. The average molecular weight is 256 g/mol. The van der Waals surface area contributed by atoms with Crippen molar-refractivity contribution in [1.82, 2.24) is 5.32 Å². The standard InChI is InChI=1S/C13H24N2O3/c1-2-10(14)9-11(16)15-13(12(17)18)7-5-3-4-6-8-13/h10H,2-9,14H2,1H3,(H,15,16)(H,17,18). The van der Waals surface area contributed by atoms with Crippen LogP contribution in [0.5, 0.6) is 0 Å². The Labute approximate surface area is 108 Å². The Morgan fingerprint density at radius 1 is 1.28 bits per heavy atom. The molecule has 0 spiro atoms. The topological polar surface area (TPSA) is 92.4 Å². The number of nitrogens with one attached hydrogen (secondary N) is 1. The third-order valence-corrected chi connectivity index (χ3v) is 3.72. The molecule has 1 rings (SSSR count).